The number of pyridine rings is 1. The van der Waals surface area contributed by atoms with Gasteiger partial charge in [0.05, 0.1) is 11.4 Å². The Morgan fingerprint density at radius 1 is 1.64 bits per heavy atom. The molecule has 0 bridgehead atoms. The van der Waals surface area contributed by atoms with Crippen LogP contribution in [0.3, 0.4) is 0 Å². The molecule has 2 nitrogen and oxygen atoms in total. The molecule has 2 rings (SSSR count). The van der Waals surface area contributed by atoms with Crippen LogP contribution in [0.25, 0.3) is 0 Å². The highest BCUT2D eigenvalue weighted by atomic mass is 79.9. The Morgan fingerprint density at radius 2 is 2.45 bits per heavy atom. The third-order valence-corrected chi connectivity index (χ3v) is 2.66. The molecular formula is C8H9BrN2. The minimum atomic E-state index is 1.07. The van der Waals surface area contributed by atoms with Crippen LogP contribution in [0, 0.1) is 0 Å². The number of anilines is 1. The number of hydrogen-bond donors (Lipinski definition) is 0. The van der Waals surface area contributed by atoms with Crippen molar-refractivity contribution in [2.75, 3.05) is 18.5 Å². The van der Waals surface area contributed by atoms with E-state index in [9.17, 15) is 0 Å². The second-order valence-electron chi connectivity index (χ2n) is 2.76. The molecule has 0 aliphatic carbocycles. The Labute approximate surface area is 74.4 Å². The maximum Gasteiger partial charge on any atom is 0.0727 e. The SMILES string of the molecule is CN1CCc2nccc(Br)c21. The van der Waals surface area contributed by atoms with Crippen molar-refractivity contribution < 1.29 is 0 Å². The lowest BCUT2D eigenvalue weighted by atomic mass is 10.3. The number of rotatable bonds is 0. The Balaban J connectivity index is 2.58. The van der Waals surface area contributed by atoms with Gasteiger partial charge in [-0.05, 0) is 22.0 Å². The van der Waals surface area contributed by atoms with Gasteiger partial charge in [-0.25, -0.2) is 0 Å². The summed E-state index contributed by atoms with van der Waals surface area (Å²) in [5, 5.41) is 0. The standard InChI is InChI=1S/C8H9BrN2/c1-11-5-3-7-8(11)6(9)2-4-10-7/h2,4H,3,5H2,1H3. The number of likely N-dealkylation sites (N-methyl/N-ethyl adjacent to an activating group) is 1. The topological polar surface area (TPSA) is 16.1 Å². The van der Waals surface area contributed by atoms with Crippen molar-refractivity contribution in [3.05, 3.63) is 22.4 Å². The fourth-order valence-electron chi connectivity index (χ4n) is 1.44. The summed E-state index contributed by atoms with van der Waals surface area (Å²) in [6.45, 7) is 1.09. The zero-order valence-electron chi connectivity index (χ0n) is 6.34. The molecule has 3 heteroatoms. The van der Waals surface area contributed by atoms with Crippen molar-refractivity contribution in [2.45, 2.75) is 6.42 Å². The van der Waals surface area contributed by atoms with Crippen molar-refractivity contribution in [1.82, 2.24) is 4.98 Å². The molecule has 1 aromatic heterocycles. The van der Waals surface area contributed by atoms with E-state index in [1.807, 2.05) is 12.3 Å². The third kappa shape index (κ3) is 1.03. The first-order valence-corrected chi connectivity index (χ1v) is 4.43. The van der Waals surface area contributed by atoms with Gasteiger partial charge < -0.3 is 4.90 Å². The van der Waals surface area contributed by atoms with Crippen LogP contribution < -0.4 is 4.90 Å². The summed E-state index contributed by atoms with van der Waals surface area (Å²) >= 11 is 3.51. The van der Waals surface area contributed by atoms with Gasteiger partial charge in [0.1, 0.15) is 0 Å². The number of aromatic nitrogens is 1. The lowest BCUT2D eigenvalue weighted by Crippen LogP contribution is -2.12. The van der Waals surface area contributed by atoms with Crippen molar-refractivity contribution in [3.8, 4) is 0 Å². The molecule has 0 aromatic carbocycles. The highest BCUT2D eigenvalue weighted by Crippen LogP contribution is 2.32. The molecule has 0 saturated heterocycles. The highest BCUT2D eigenvalue weighted by molar-refractivity contribution is 9.10. The Kier molecular flexibility index (Phi) is 1.60. The zero-order valence-corrected chi connectivity index (χ0v) is 7.93. The van der Waals surface area contributed by atoms with Gasteiger partial charge in [-0.2, -0.15) is 0 Å². The monoisotopic (exact) mass is 212 g/mol. The molecule has 0 N–H and O–H groups in total. The van der Waals surface area contributed by atoms with E-state index in [-0.39, 0.29) is 0 Å². The molecule has 0 radical (unpaired) electrons. The number of hydrogen-bond acceptors (Lipinski definition) is 2. The minimum Gasteiger partial charge on any atom is -0.372 e. The molecule has 2 heterocycles. The Bertz CT molecular complexity index is 285. The average molecular weight is 213 g/mol. The van der Waals surface area contributed by atoms with Crippen LogP contribution in [-0.4, -0.2) is 18.6 Å². The normalized spacial score (nSPS) is 15.3. The molecule has 0 atom stereocenters. The third-order valence-electron chi connectivity index (χ3n) is 2.02. The number of fused-ring (bicyclic) bond motifs is 1. The van der Waals surface area contributed by atoms with Crippen LogP contribution >= 0.6 is 15.9 Å². The summed E-state index contributed by atoms with van der Waals surface area (Å²) in [6, 6.07) is 1.99. The first kappa shape index (κ1) is 7.10. The van der Waals surface area contributed by atoms with E-state index < -0.39 is 0 Å². The van der Waals surface area contributed by atoms with E-state index in [1.165, 1.54) is 11.4 Å². The van der Waals surface area contributed by atoms with Gasteiger partial charge in [-0.3, -0.25) is 4.98 Å². The molecule has 1 aliphatic heterocycles. The van der Waals surface area contributed by atoms with Gasteiger partial charge >= 0.3 is 0 Å². The van der Waals surface area contributed by atoms with Crippen molar-refractivity contribution in [3.63, 3.8) is 0 Å². The molecule has 0 unspecified atom stereocenters. The van der Waals surface area contributed by atoms with E-state index in [0.29, 0.717) is 0 Å². The molecule has 0 amide bonds. The van der Waals surface area contributed by atoms with E-state index >= 15 is 0 Å². The molecule has 0 spiro atoms. The first-order chi connectivity index (χ1) is 5.29. The summed E-state index contributed by atoms with van der Waals surface area (Å²) in [7, 11) is 2.10. The lowest BCUT2D eigenvalue weighted by Gasteiger charge is -2.12. The van der Waals surface area contributed by atoms with Crippen LogP contribution in [0.15, 0.2) is 16.7 Å². The summed E-state index contributed by atoms with van der Waals surface area (Å²) < 4.78 is 1.16. The Hall–Kier alpha value is -0.570. The molecule has 11 heavy (non-hydrogen) atoms. The summed E-state index contributed by atoms with van der Waals surface area (Å²) in [5.74, 6) is 0. The molecular weight excluding hydrogens is 204 g/mol. The van der Waals surface area contributed by atoms with Gasteiger partial charge in [-0.1, -0.05) is 0 Å². The van der Waals surface area contributed by atoms with Crippen LogP contribution in [0.4, 0.5) is 5.69 Å². The Morgan fingerprint density at radius 3 is 3.18 bits per heavy atom. The lowest BCUT2D eigenvalue weighted by molar-refractivity contribution is 0.943. The predicted molar refractivity (Wildman–Crippen MR) is 48.9 cm³/mol. The van der Waals surface area contributed by atoms with E-state index in [1.54, 1.807) is 0 Å². The van der Waals surface area contributed by atoms with Crippen molar-refractivity contribution in [1.29, 1.82) is 0 Å². The van der Waals surface area contributed by atoms with Gasteiger partial charge in [0.25, 0.3) is 0 Å². The fraction of sp³-hybridized carbons (Fsp3) is 0.375. The van der Waals surface area contributed by atoms with Gasteiger partial charge in [0, 0.05) is 30.7 Å². The van der Waals surface area contributed by atoms with E-state index in [0.717, 1.165) is 17.4 Å². The highest BCUT2D eigenvalue weighted by Gasteiger charge is 2.18. The van der Waals surface area contributed by atoms with Gasteiger partial charge in [0.15, 0.2) is 0 Å². The van der Waals surface area contributed by atoms with Crippen LogP contribution in [-0.2, 0) is 6.42 Å². The summed E-state index contributed by atoms with van der Waals surface area (Å²) in [5.41, 5.74) is 2.47. The number of nitrogens with zero attached hydrogens (tertiary/aromatic N) is 2. The number of halogens is 1. The van der Waals surface area contributed by atoms with E-state index in [4.69, 9.17) is 0 Å². The van der Waals surface area contributed by atoms with Crippen molar-refractivity contribution >= 4 is 21.6 Å². The second-order valence-corrected chi connectivity index (χ2v) is 3.61. The molecule has 0 fully saturated rings. The summed E-state index contributed by atoms with van der Waals surface area (Å²) in [4.78, 5) is 6.53. The maximum absolute atomic E-state index is 4.30. The zero-order chi connectivity index (χ0) is 7.84. The quantitative estimate of drug-likeness (QED) is 0.653. The summed E-state index contributed by atoms with van der Waals surface area (Å²) in [6.07, 6.45) is 2.92. The van der Waals surface area contributed by atoms with Crippen molar-refractivity contribution in [2.24, 2.45) is 0 Å². The fourth-order valence-corrected chi connectivity index (χ4v) is 2.09. The molecule has 0 saturated carbocycles. The minimum absolute atomic E-state index is 1.07. The smallest absolute Gasteiger partial charge is 0.0727 e. The van der Waals surface area contributed by atoms with Gasteiger partial charge in [0.2, 0.25) is 0 Å². The first-order valence-electron chi connectivity index (χ1n) is 3.63. The van der Waals surface area contributed by atoms with Crippen LogP contribution in [0.2, 0.25) is 0 Å². The average Bonchev–Trinajstić information content (AvgIpc) is 2.34. The van der Waals surface area contributed by atoms with Crippen LogP contribution in [0.5, 0.6) is 0 Å². The van der Waals surface area contributed by atoms with E-state index in [2.05, 4.69) is 32.9 Å². The maximum atomic E-state index is 4.30. The van der Waals surface area contributed by atoms with Gasteiger partial charge in [-0.15, -0.1) is 0 Å². The predicted octanol–water partition coefficient (Wildman–Crippen LogP) is 1.84. The molecule has 1 aromatic rings. The molecule has 58 valence electrons. The van der Waals surface area contributed by atoms with Crippen LogP contribution in [0.1, 0.15) is 5.69 Å². The largest absolute Gasteiger partial charge is 0.372 e. The second kappa shape index (κ2) is 2.48. The molecule has 1 aliphatic rings.